The molecule has 2 aromatic rings. The summed E-state index contributed by atoms with van der Waals surface area (Å²) in [5.74, 6) is -0.000229. The predicted molar refractivity (Wildman–Crippen MR) is 74.7 cm³/mol. The molecule has 94 valence electrons. The van der Waals surface area contributed by atoms with Crippen molar-refractivity contribution in [3.05, 3.63) is 58.3 Å². The van der Waals surface area contributed by atoms with E-state index < -0.39 is 0 Å². The van der Waals surface area contributed by atoms with Gasteiger partial charge in [0.25, 0.3) is 0 Å². The first kappa shape index (κ1) is 12.8. The van der Waals surface area contributed by atoms with Crippen LogP contribution < -0.4 is 10.6 Å². The predicted octanol–water partition coefficient (Wildman–Crippen LogP) is 2.17. The fraction of sp³-hybridized carbons (Fsp3) is 0.214. The van der Waals surface area contributed by atoms with Crippen LogP contribution in [0, 0.1) is 0 Å². The molecule has 4 heteroatoms. The lowest BCUT2D eigenvalue weighted by Crippen LogP contribution is -2.35. The minimum Gasteiger partial charge on any atom is -0.343 e. The lowest BCUT2D eigenvalue weighted by atomic mass is 10.1. The van der Waals surface area contributed by atoms with E-state index in [9.17, 15) is 4.79 Å². The Kier molecular flexibility index (Phi) is 4.50. The number of nitrogens with one attached hydrogen (secondary N) is 2. The molecule has 0 spiro atoms. The lowest BCUT2D eigenvalue weighted by molar-refractivity contribution is -0.120. The molecule has 0 bridgehead atoms. The zero-order chi connectivity index (χ0) is 12.8. The molecule has 0 fully saturated rings. The Bertz CT molecular complexity index is 482. The number of thiophene rings is 1. The van der Waals surface area contributed by atoms with E-state index in [1.807, 2.05) is 47.8 Å². The number of amides is 1. The fourth-order valence-corrected chi connectivity index (χ4v) is 2.59. The van der Waals surface area contributed by atoms with Crippen LogP contribution in [0.4, 0.5) is 0 Å². The van der Waals surface area contributed by atoms with Crippen molar-refractivity contribution < 1.29 is 4.79 Å². The van der Waals surface area contributed by atoms with Crippen molar-refractivity contribution in [3.8, 4) is 0 Å². The summed E-state index contributed by atoms with van der Waals surface area (Å²) < 4.78 is 0. The first-order chi connectivity index (χ1) is 8.81. The second kappa shape index (κ2) is 6.33. The molecule has 0 aliphatic heterocycles. The molecule has 1 heterocycles. The van der Waals surface area contributed by atoms with E-state index in [1.54, 1.807) is 18.4 Å². The van der Waals surface area contributed by atoms with Gasteiger partial charge in [-0.1, -0.05) is 36.4 Å². The van der Waals surface area contributed by atoms with Crippen molar-refractivity contribution >= 4 is 17.2 Å². The van der Waals surface area contributed by atoms with Gasteiger partial charge in [0.05, 0.1) is 12.6 Å². The van der Waals surface area contributed by atoms with Crippen LogP contribution in [0.25, 0.3) is 0 Å². The van der Waals surface area contributed by atoms with Crippen LogP contribution in [0.2, 0.25) is 0 Å². The minimum atomic E-state index is -0.0629. The van der Waals surface area contributed by atoms with E-state index in [2.05, 4.69) is 10.6 Å². The van der Waals surface area contributed by atoms with E-state index in [-0.39, 0.29) is 11.9 Å². The fourth-order valence-electron chi connectivity index (χ4n) is 1.79. The monoisotopic (exact) mass is 260 g/mol. The van der Waals surface area contributed by atoms with E-state index in [4.69, 9.17) is 0 Å². The smallest absolute Gasteiger partial charge is 0.234 e. The highest BCUT2D eigenvalue weighted by atomic mass is 32.1. The van der Waals surface area contributed by atoms with Crippen LogP contribution in [-0.2, 0) is 4.79 Å². The van der Waals surface area contributed by atoms with Gasteiger partial charge < -0.3 is 10.6 Å². The Balaban J connectivity index is 2.22. The van der Waals surface area contributed by atoms with Crippen molar-refractivity contribution in [1.29, 1.82) is 0 Å². The summed E-state index contributed by atoms with van der Waals surface area (Å²) in [4.78, 5) is 12.9. The van der Waals surface area contributed by atoms with Gasteiger partial charge >= 0.3 is 0 Å². The van der Waals surface area contributed by atoms with E-state index in [1.165, 1.54) is 0 Å². The molecule has 0 aliphatic carbocycles. The number of rotatable bonds is 5. The molecule has 0 saturated heterocycles. The number of hydrogen-bond donors (Lipinski definition) is 2. The normalized spacial score (nSPS) is 12.1. The Hall–Kier alpha value is -1.65. The van der Waals surface area contributed by atoms with Crippen LogP contribution in [-0.4, -0.2) is 19.5 Å². The van der Waals surface area contributed by atoms with Gasteiger partial charge in [-0.15, -0.1) is 11.3 Å². The topological polar surface area (TPSA) is 41.1 Å². The summed E-state index contributed by atoms with van der Waals surface area (Å²) in [6.45, 7) is 0.328. The average Bonchev–Trinajstić information content (AvgIpc) is 2.91. The maximum absolute atomic E-state index is 11.8. The molecule has 1 unspecified atom stereocenters. The molecule has 2 N–H and O–H groups in total. The Labute approximate surface area is 111 Å². The molecule has 2 rings (SSSR count). The maximum Gasteiger partial charge on any atom is 0.234 e. The average molecular weight is 260 g/mol. The van der Waals surface area contributed by atoms with E-state index in [0.29, 0.717) is 6.54 Å². The first-order valence-electron chi connectivity index (χ1n) is 5.83. The summed E-state index contributed by atoms with van der Waals surface area (Å²) in [5, 5.41) is 7.93. The standard InChI is InChI=1S/C14H16N2OS/c1-15-10-13(17)16-14(12-8-5-9-18-12)11-6-3-2-4-7-11/h2-9,14-15H,10H2,1H3,(H,16,17). The van der Waals surface area contributed by atoms with Crippen LogP contribution in [0.3, 0.4) is 0 Å². The molecule has 3 nitrogen and oxygen atoms in total. The lowest BCUT2D eigenvalue weighted by Gasteiger charge is -2.18. The summed E-state index contributed by atoms with van der Waals surface area (Å²) in [5.41, 5.74) is 1.10. The van der Waals surface area contributed by atoms with Crippen LogP contribution in [0.5, 0.6) is 0 Å². The largest absolute Gasteiger partial charge is 0.343 e. The van der Waals surface area contributed by atoms with Gasteiger partial charge in [-0.05, 0) is 24.1 Å². The quantitative estimate of drug-likeness (QED) is 0.865. The van der Waals surface area contributed by atoms with E-state index in [0.717, 1.165) is 10.4 Å². The van der Waals surface area contributed by atoms with Crippen molar-refractivity contribution in [2.75, 3.05) is 13.6 Å². The zero-order valence-corrected chi connectivity index (χ0v) is 11.0. The van der Waals surface area contributed by atoms with Crippen molar-refractivity contribution in [3.63, 3.8) is 0 Å². The molecule has 1 amide bonds. The van der Waals surface area contributed by atoms with Crippen molar-refractivity contribution in [2.24, 2.45) is 0 Å². The van der Waals surface area contributed by atoms with Gasteiger partial charge in [-0.2, -0.15) is 0 Å². The van der Waals surface area contributed by atoms with Gasteiger partial charge in [0, 0.05) is 4.88 Å². The van der Waals surface area contributed by atoms with Gasteiger partial charge in [0.1, 0.15) is 0 Å². The second-order valence-electron chi connectivity index (χ2n) is 3.96. The van der Waals surface area contributed by atoms with E-state index >= 15 is 0 Å². The number of carbonyl (C=O) groups is 1. The molecular formula is C14H16N2OS. The molecule has 1 aromatic carbocycles. The summed E-state index contributed by atoms with van der Waals surface area (Å²) in [7, 11) is 1.77. The molecule has 0 radical (unpaired) electrons. The minimum absolute atomic E-state index is 0.000229. The Morgan fingerprint density at radius 2 is 2.00 bits per heavy atom. The third-order valence-corrected chi connectivity index (χ3v) is 3.54. The molecular weight excluding hydrogens is 244 g/mol. The number of likely N-dealkylation sites (N-methyl/N-ethyl adjacent to an activating group) is 1. The molecule has 0 saturated carbocycles. The third-order valence-electron chi connectivity index (χ3n) is 2.60. The second-order valence-corrected chi connectivity index (χ2v) is 4.94. The highest BCUT2D eigenvalue weighted by molar-refractivity contribution is 7.10. The summed E-state index contributed by atoms with van der Waals surface area (Å²) in [6.07, 6.45) is 0. The van der Waals surface area contributed by atoms with Gasteiger partial charge in [0.15, 0.2) is 0 Å². The number of benzene rings is 1. The summed E-state index contributed by atoms with van der Waals surface area (Å²) >= 11 is 1.65. The molecule has 1 atom stereocenters. The number of carbonyl (C=O) groups excluding carboxylic acids is 1. The molecule has 1 aromatic heterocycles. The highest BCUT2D eigenvalue weighted by Crippen LogP contribution is 2.25. The van der Waals surface area contributed by atoms with Gasteiger partial charge in [-0.3, -0.25) is 4.79 Å². The molecule has 0 aliphatic rings. The SMILES string of the molecule is CNCC(=O)NC(c1ccccc1)c1cccs1. The van der Waals surface area contributed by atoms with Gasteiger partial charge in [0.2, 0.25) is 5.91 Å². The zero-order valence-electron chi connectivity index (χ0n) is 10.2. The van der Waals surface area contributed by atoms with Crippen LogP contribution >= 0.6 is 11.3 Å². The van der Waals surface area contributed by atoms with Crippen molar-refractivity contribution in [1.82, 2.24) is 10.6 Å². The third kappa shape index (κ3) is 3.18. The van der Waals surface area contributed by atoms with Crippen molar-refractivity contribution in [2.45, 2.75) is 6.04 Å². The Morgan fingerprint density at radius 3 is 2.61 bits per heavy atom. The first-order valence-corrected chi connectivity index (χ1v) is 6.71. The summed E-state index contributed by atoms with van der Waals surface area (Å²) in [6, 6.07) is 14.0. The number of hydrogen-bond acceptors (Lipinski definition) is 3. The van der Waals surface area contributed by atoms with Gasteiger partial charge in [-0.25, -0.2) is 0 Å². The van der Waals surface area contributed by atoms with Crippen LogP contribution in [0.1, 0.15) is 16.5 Å². The maximum atomic E-state index is 11.8. The molecule has 18 heavy (non-hydrogen) atoms. The Morgan fingerprint density at radius 1 is 1.22 bits per heavy atom. The highest BCUT2D eigenvalue weighted by Gasteiger charge is 2.16. The van der Waals surface area contributed by atoms with Crippen LogP contribution in [0.15, 0.2) is 47.8 Å².